The van der Waals surface area contributed by atoms with Crippen LogP contribution in [0.25, 0.3) is 0 Å². The lowest BCUT2D eigenvalue weighted by molar-refractivity contribution is 0.103. The van der Waals surface area contributed by atoms with Crippen LogP contribution < -0.4 is 5.73 Å². The maximum Gasteiger partial charge on any atom is 0.0493 e. The monoisotopic (exact) mass is 297 g/mol. The third-order valence-corrected chi connectivity index (χ3v) is 4.69. The van der Waals surface area contributed by atoms with Crippen molar-refractivity contribution in [2.45, 2.75) is 31.6 Å². The number of hydrogen-bond acceptors (Lipinski definition) is 2. The number of benzene rings is 1. The van der Waals surface area contributed by atoms with Crippen molar-refractivity contribution >= 4 is 15.9 Å². The van der Waals surface area contributed by atoms with Crippen LogP contribution in [0.4, 0.5) is 0 Å². The number of hydrogen-bond donors (Lipinski definition) is 2. The lowest BCUT2D eigenvalue weighted by Gasteiger charge is -2.35. The van der Waals surface area contributed by atoms with E-state index < -0.39 is 0 Å². The average Bonchev–Trinajstić information content (AvgIpc) is 2.82. The minimum Gasteiger partial charge on any atom is -0.396 e. The molecule has 0 aliphatic heterocycles. The smallest absolute Gasteiger partial charge is 0.0493 e. The van der Waals surface area contributed by atoms with E-state index in [1.54, 1.807) is 0 Å². The molecule has 1 fully saturated rings. The van der Waals surface area contributed by atoms with E-state index in [-0.39, 0.29) is 17.9 Å². The van der Waals surface area contributed by atoms with Crippen LogP contribution in [0.1, 0.15) is 37.2 Å². The summed E-state index contributed by atoms with van der Waals surface area (Å²) in [5.74, 6) is 0.281. The zero-order valence-electron chi connectivity index (χ0n) is 10.0. The molecule has 3 heteroatoms. The largest absolute Gasteiger partial charge is 0.396 e. The van der Waals surface area contributed by atoms with Crippen molar-refractivity contribution < 1.29 is 5.11 Å². The van der Waals surface area contributed by atoms with E-state index in [1.807, 2.05) is 0 Å². The first-order valence-corrected chi connectivity index (χ1v) is 7.07. The summed E-state index contributed by atoms with van der Waals surface area (Å²) < 4.78 is 1.08. The van der Waals surface area contributed by atoms with E-state index in [4.69, 9.17) is 5.73 Å². The first kappa shape index (κ1) is 13.1. The Hall–Kier alpha value is -0.380. The fourth-order valence-corrected chi connectivity index (χ4v) is 3.39. The van der Waals surface area contributed by atoms with Crippen molar-refractivity contribution in [1.82, 2.24) is 0 Å². The summed E-state index contributed by atoms with van der Waals surface area (Å²) in [5, 5.41) is 9.77. The quantitative estimate of drug-likeness (QED) is 0.897. The summed E-state index contributed by atoms with van der Waals surface area (Å²) in [6, 6.07) is 8.35. The van der Waals surface area contributed by atoms with Gasteiger partial charge in [-0.15, -0.1) is 0 Å². The molecule has 1 aliphatic rings. The lowest BCUT2D eigenvalue weighted by Crippen LogP contribution is -2.34. The molecular weight excluding hydrogens is 278 g/mol. The summed E-state index contributed by atoms with van der Waals surface area (Å²) in [4.78, 5) is 0. The molecular formula is C14H20BrNO. The second-order valence-corrected chi connectivity index (χ2v) is 5.98. The molecule has 1 aliphatic carbocycles. The number of rotatable bonds is 4. The number of aliphatic hydroxyl groups is 1. The lowest BCUT2D eigenvalue weighted by atomic mass is 9.71. The van der Waals surface area contributed by atoms with Crippen LogP contribution in [-0.4, -0.2) is 18.3 Å². The number of halogens is 1. The Morgan fingerprint density at radius 1 is 1.24 bits per heavy atom. The first-order valence-electron chi connectivity index (χ1n) is 6.28. The Balaban J connectivity index is 2.28. The predicted octanol–water partition coefficient (Wildman–Crippen LogP) is 3.04. The van der Waals surface area contributed by atoms with Crippen LogP contribution in [0.3, 0.4) is 0 Å². The minimum atomic E-state index is 0.0164. The topological polar surface area (TPSA) is 46.2 Å². The highest BCUT2D eigenvalue weighted by Crippen LogP contribution is 2.48. The van der Waals surface area contributed by atoms with E-state index in [0.29, 0.717) is 6.54 Å². The number of nitrogens with two attached hydrogens (primary N) is 1. The van der Waals surface area contributed by atoms with Crippen molar-refractivity contribution in [3.63, 3.8) is 0 Å². The van der Waals surface area contributed by atoms with E-state index in [0.717, 1.165) is 17.3 Å². The molecule has 2 nitrogen and oxygen atoms in total. The molecule has 0 amide bonds. The third kappa shape index (κ3) is 2.56. The zero-order chi connectivity index (χ0) is 12.3. The van der Waals surface area contributed by atoms with Gasteiger partial charge in [-0.25, -0.2) is 0 Å². The van der Waals surface area contributed by atoms with E-state index >= 15 is 0 Å². The van der Waals surface area contributed by atoms with Crippen LogP contribution in [-0.2, 0) is 0 Å². The molecule has 1 aromatic carbocycles. The highest BCUT2D eigenvalue weighted by Gasteiger charge is 2.40. The SMILES string of the molecule is NC[C@H](c1ccc(Br)cc1)C1(CO)CCCC1. The summed E-state index contributed by atoms with van der Waals surface area (Å²) >= 11 is 3.45. The van der Waals surface area contributed by atoms with Gasteiger partial charge in [-0.05, 0) is 37.1 Å². The summed E-state index contributed by atoms with van der Waals surface area (Å²) in [7, 11) is 0. The van der Waals surface area contributed by atoms with Crippen molar-refractivity contribution in [1.29, 1.82) is 0 Å². The molecule has 2 rings (SSSR count). The molecule has 1 atom stereocenters. The molecule has 0 aromatic heterocycles. The zero-order valence-corrected chi connectivity index (χ0v) is 11.6. The van der Waals surface area contributed by atoms with Gasteiger partial charge in [-0.1, -0.05) is 40.9 Å². The van der Waals surface area contributed by atoms with Gasteiger partial charge in [0.25, 0.3) is 0 Å². The molecule has 94 valence electrons. The van der Waals surface area contributed by atoms with Gasteiger partial charge in [-0.2, -0.15) is 0 Å². The second kappa shape index (κ2) is 5.51. The molecule has 0 unspecified atom stereocenters. The van der Waals surface area contributed by atoms with Crippen LogP contribution in [0, 0.1) is 5.41 Å². The highest BCUT2D eigenvalue weighted by molar-refractivity contribution is 9.10. The summed E-state index contributed by atoms with van der Waals surface area (Å²) in [5.41, 5.74) is 7.23. The van der Waals surface area contributed by atoms with Gasteiger partial charge >= 0.3 is 0 Å². The molecule has 1 aromatic rings. The first-order chi connectivity index (χ1) is 8.22. The van der Waals surface area contributed by atoms with Gasteiger partial charge in [-0.3, -0.25) is 0 Å². The van der Waals surface area contributed by atoms with Crippen LogP contribution >= 0.6 is 15.9 Å². The highest BCUT2D eigenvalue weighted by atomic mass is 79.9. The normalized spacial score (nSPS) is 20.4. The standard InChI is InChI=1S/C14H20BrNO/c15-12-5-3-11(4-6-12)13(9-16)14(10-17)7-1-2-8-14/h3-6,13,17H,1-2,7-10,16H2/t13-/m1/s1. The molecule has 0 bridgehead atoms. The molecule has 0 heterocycles. The van der Waals surface area contributed by atoms with Gasteiger partial charge in [0.2, 0.25) is 0 Å². The van der Waals surface area contributed by atoms with Crippen molar-refractivity contribution in [3.05, 3.63) is 34.3 Å². The van der Waals surface area contributed by atoms with Gasteiger partial charge in [0.1, 0.15) is 0 Å². The third-order valence-electron chi connectivity index (χ3n) is 4.16. The fraction of sp³-hybridized carbons (Fsp3) is 0.571. The maximum absolute atomic E-state index is 9.77. The predicted molar refractivity (Wildman–Crippen MR) is 73.9 cm³/mol. The van der Waals surface area contributed by atoms with Crippen LogP contribution in [0.2, 0.25) is 0 Å². The molecule has 3 N–H and O–H groups in total. The van der Waals surface area contributed by atoms with Crippen molar-refractivity contribution in [2.75, 3.05) is 13.2 Å². The Bertz CT molecular complexity index is 357. The van der Waals surface area contributed by atoms with E-state index in [2.05, 4.69) is 40.2 Å². The Morgan fingerprint density at radius 2 is 1.82 bits per heavy atom. The van der Waals surface area contributed by atoms with Gasteiger partial charge in [0.05, 0.1) is 0 Å². The maximum atomic E-state index is 9.77. The molecule has 0 spiro atoms. The Kier molecular flexibility index (Phi) is 4.23. The van der Waals surface area contributed by atoms with Crippen molar-refractivity contribution in [2.24, 2.45) is 11.1 Å². The average molecular weight is 298 g/mol. The van der Waals surface area contributed by atoms with Crippen LogP contribution in [0.15, 0.2) is 28.7 Å². The molecule has 0 radical (unpaired) electrons. The molecule has 17 heavy (non-hydrogen) atoms. The van der Waals surface area contributed by atoms with Crippen LogP contribution in [0.5, 0.6) is 0 Å². The van der Waals surface area contributed by atoms with Gasteiger partial charge in [0.15, 0.2) is 0 Å². The van der Waals surface area contributed by atoms with Gasteiger partial charge in [0, 0.05) is 22.4 Å². The van der Waals surface area contributed by atoms with Crippen molar-refractivity contribution in [3.8, 4) is 0 Å². The molecule has 1 saturated carbocycles. The number of aliphatic hydroxyl groups excluding tert-OH is 1. The van der Waals surface area contributed by atoms with E-state index in [1.165, 1.54) is 18.4 Å². The fourth-order valence-electron chi connectivity index (χ4n) is 3.13. The summed E-state index contributed by atoms with van der Waals surface area (Å²) in [6.07, 6.45) is 4.63. The summed E-state index contributed by atoms with van der Waals surface area (Å²) in [6.45, 7) is 0.868. The Labute approximate surface area is 111 Å². The minimum absolute atomic E-state index is 0.0164. The van der Waals surface area contributed by atoms with Gasteiger partial charge < -0.3 is 10.8 Å². The molecule has 0 saturated heterocycles. The Morgan fingerprint density at radius 3 is 2.29 bits per heavy atom. The second-order valence-electron chi connectivity index (χ2n) is 5.07. The van der Waals surface area contributed by atoms with E-state index in [9.17, 15) is 5.11 Å².